The Morgan fingerprint density at radius 2 is 2.10 bits per heavy atom. The van der Waals surface area contributed by atoms with E-state index in [9.17, 15) is 9.59 Å². The van der Waals surface area contributed by atoms with Crippen LogP contribution in [0, 0.1) is 11.8 Å². The highest BCUT2D eigenvalue weighted by molar-refractivity contribution is 5.68. The first kappa shape index (κ1) is 16.1. The molecule has 21 heavy (non-hydrogen) atoms. The van der Waals surface area contributed by atoms with Gasteiger partial charge in [-0.2, -0.15) is 0 Å². The molecule has 1 amide bonds. The zero-order valence-corrected chi connectivity index (χ0v) is 12.9. The molecule has 0 bridgehead atoms. The molecule has 0 spiro atoms. The molecule has 1 saturated heterocycles. The predicted molar refractivity (Wildman–Crippen MR) is 78.1 cm³/mol. The van der Waals surface area contributed by atoms with Crippen LogP contribution in [0.15, 0.2) is 0 Å². The van der Waals surface area contributed by atoms with E-state index in [1.807, 2.05) is 0 Å². The molecule has 2 aliphatic rings. The van der Waals surface area contributed by atoms with E-state index in [1.54, 1.807) is 6.92 Å². The van der Waals surface area contributed by atoms with Crippen molar-refractivity contribution in [2.75, 3.05) is 19.7 Å². The maximum atomic E-state index is 11.6. The number of carbonyl (C=O) groups excluding carboxylic acids is 1. The van der Waals surface area contributed by atoms with Gasteiger partial charge in [-0.15, -0.1) is 0 Å². The van der Waals surface area contributed by atoms with Gasteiger partial charge in [-0.25, -0.2) is 4.79 Å². The quantitative estimate of drug-likeness (QED) is 0.807. The molecule has 0 aromatic heterocycles. The number of carboxylic acids is 1. The van der Waals surface area contributed by atoms with Crippen LogP contribution in [0.1, 0.15) is 39.5 Å². The van der Waals surface area contributed by atoms with Crippen molar-refractivity contribution in [2.24, 2.45) is 11.8 Å². The van der Waals surface area contributed by atoms with Crippen LogP contribution in [0.5, 0.6) is 0 Å². The van der Waals surface area contributed by atoms with Gasteiger partial charge in [-0.3, -0.25) is 9.69 Å². The number of piperidine rings is 1. The van der Waals surface area contributed by atoms with Gasteiger partial charge < -0.3 is 15.2 Å². The molecule has 6 heteroatoms. The monoisotopic (exact) mass is 298 g/mol. The standard InChI is InChI=1S/C15H26N2O4/c1-3-21-15(20)16-12-6-11(7-14(18)19)8-17(9-12)13-5-4-10(13)2/h10-13H,3-9H2,1-2H3,(H,16,20)(H,18,19). The van der Waals surface area contributed by atoms with E-state index in [4.69, 9.17) is 9.84 Å². The first-order valence-electron chi connectivity index (χ1n) is 7.88. The zero-order chi connectivity index (χ0) is 15.4. The summed E-state index contributed by atoms with van der Waals surface area (Å²) in [7, 11) is 0. The van der Waals surface area contributed by atoms with Crippen LogP contribution in [0.3, 0.4) is 0 Å². The summed E-state index contributed by atoms with van der Waals surface area (Å²) < 4.78 is 4.93. The molecule has 1 aliphatic carbocycles. The third kappa shape index (κ3) is 4.33. The fourth-order valence-corrected chi connectivity index (χ4v) is 3.54. The molecular weight excluding hydrogens is 272 g/mol. The lowest BCUT2D eigenvalue weighted by Gasteiger charge is -2.48. The van der Waals surface area contributed by atoms with Gasteiger partial charge in [-0.1, -0.05) is 6.92 Å². The number of carboxylic acid groups (broad SMARTS) is 1. The molecular formula is C15H26N2O4. The number of alkyl carbamates (subject to hydrolysis) is 1. The summed E-state index contributed by atoms with van der Waals surface area (Å²) in [5.41, 5.74) is 0. The van der Waals surface area contributed by atoms with Crippen LogP contribution >= 0.6 is 0 Å². The summed E-state index contributed by atoms with van der Waals surface area (Å²) in [6.45, 7) is 5.98. The van der Waals surface area contributed by atoms with E-state index >= 15 is 0 Å². The largest absolute Gasteiger partial charge is 0.481 e. The number of nitrogens with one attached hydrogen (secondary N) is 1. The third-order valence-corrected chi connectivity index (χ3v) is 4.67. The summed E-state index contributed by atoms with van der Waals surface area (Å²) in [6, 6.07) is 0.517. The van der Waals surface area contributed by atoms with Gasteiger partial charge in [0.15, 0.2) is 0 Å². The van der Waals surface area contributed by atoms with Gasteiger partial charge in [0, 0.05) is 31.6 Å². The molecule has 1 heterocycles. The number of hydrogen-bond donors (Lipinski definition) is 2. The van der Waals surface area contributed by atoms with Crippen molar-refractivity contribution in [3.8, 4) is 0 Å². The number of amides is 1. The van der Waals surface area contributed by atoms with Gasteiger partial charge in [0.05, 0.1) is 6.61 Å². The Morgan fingerprint density at radius 3 is 2.62 bits per heavy atom. The highest BCUT2D eigenvalue weighted by atomic mass is 16.5. The minimum absolute atomic E-state index is 0.0186. The van der Waals surface area contributed by atoms with Crippen LogP contribution in [-0.2, 0) is 9.53 Å². The Labute approximate surface area is 125 Å². The van der Waals surface area contributed by atoms with Gasteiger partial charge in [-0.05, 0) is 38.0 Å². The van der Waals surface area contributed by atoms with Gasteiger partial charge >= 0.3 is 12.1 Å². The van der Waals surface area contributed by atoms with Gasteiger partial charge in [0.2, 0.25) is 0 Å². The summed E-state index contributed by atoms with van der Waals surface area (Å²) in [6.07, 6.45) is 2.88. The van der Waals surface area contributed by atoms with E-state index in [1.165, 1.54) is 12.8 Å². The van der Waals surface area contributed by atoms with Crippen LogP contribution < -0.4 is 5.32 Å². The van der Waals surface area contributed by atoms with E-state index in [-0.39, 0.29) is 18.4 Å². The lowest BCUT2D eigenvalue weighted by atomic mass is 9.78. The molecule has 6 nitrogen and oxygen atoms in total. The van der Waals surface area contributed by atoms with Crippen molar-refractivity contribution in [1.29, 1.82) is 0 Å². The number of aliphatic carboxylic acids is 1. The third-order valence-electron chi connectivity index (χ3n) is 4.67. The summed E-state index contributed by atoms with van der Waals surface area (Å²) in [4.78, 5) is 25.0. The molecule has 2 N–H and O–H groups in total. The molecule has 0 aromatic carbocycles. The molecule has 120 valence electrons. The molecule has 2 rings (SSSR count). The highest BCUT2D eigenvalue weighted by Gasteiger charge is 2.38. The molecule has 4 unspecified atom stereocenters. The molecule has 1 aliphatic heterocycles. The predicted octanol–water partition coefficient (Wildman–Crippen LogP) is 1.70. The summed E-state index contributed by atoms with van der Waals surface area (Å²) >= 11 is 0. The van der Waals surface area contributed by atoms with Crippen LogP contribution in [0.2, 0.25) is 0 Å². The van der Waals surface area contributed by atoms with Crippen LogP contribution in [0.25, 0.3) is 0 Å². The number of hydrogen-bond acceptors (Lipinski definition) is 4. The Bertz CT molecular complexity index is 388. The minimum atomic E-state index is -0.765. The minimum Gasteiger partial charge on any atom is -0.481 e. The first-order valence-corrected chi connectivity index (χ1v) is 7.88. The number of ether oxygens (including phenoxy) is 1. The maximum absolute atomic E-state index is 11.6. The number of likely N-dealkylation sites (tertiary alicyclic amines) is 1. The fraction of sp³-hybridized carbons (Fsp3) is 0.867. The SMILES string of the molecule is CCOC(=O)NC1CC(CC(=O)O)CN(C2CCC2C)C1. The van der Waals surface area contributed by atoms with Crippen molar-refractivity contribution in [3.05, 3.63) is 0 Å². The highest BCUT2D eigenvalue weighted by Crippen LogP contribution is 2.34. The van der Waals surface area contributed by atoms with Crippen molar-refractivity contribution in [2.45, 2.75) is 51.6 Å². The molecule has 0 aromatic rings. The van der Waals surface area contributed by atoms with Gasteiger partial charge in [0.25, 0.3) is 0 Å². The molecule has 0 radical (unpaired) electrons. The van der Waals surface area contributed by atoms with E-state index in [0.29, 0.717) is 25.0 Å². The van der Waals surface area contributed by atoms with E-state index in [0.717, 1.165) is 13.1 Å². The van der Waals surface area contributed by atoms with E-state index in [2.05, 4.69) is 17.1 Å². The fourth-order valence-electron chi connectivity index (χ4n) is 3.54. The Balaban J connectivity index is 1.95. The molecule has 1 saturated carbocycles. The Morgan fingerprint density at radius 1 is 1.33 bits per heavy atom. The lowest BCUT2D eigenvalue weighted by Crippen LogP contribution is -2.57. The van der Waals surface area contributed by atoms with Crippen molar-refractivity contribution in [3.63, 3.8) is 0 Å². The van der Waals surface area contributed by atoms with Crippen LogP contribution in [0.4, 0.5) is 4.79 Å². The average Bonchev–Trinajstić information content (AvgIpc) is 2.36. The van der Waals surface area contributed by atoms with Crippen LogP contribution in [-0.4, -0.2) is 53.8 Å². The second kappa shape index (κ2) is 7.11. The normalized spacial score (nSPS) is 33.0. The van der Waals surface area contributed by atoms with Gasteiger partial charge in [0.1, 0.15) is 0 Å². The number of carbonyl (C=O) groups is 2. The second-order valence-electron chi connectivity index (χ2n) is 6.34. The average molecular weight is 298 g/mol. The number of nitrogens with zero attached hydrogens (tertiary/aromatic N) is 1. The van der Waals surface area contributed by atoms with E-state index < -0.39 is 12.1 Å². The molecule has 2 fully saturated rings. The first-order chi connectivity index (χ1) is 9.99. The number of rotatable bonds is 5. The zero-order valence-electron chi connectivity index (χ0n) is 12.9. The summed E-state index contributed by atoms with van der Waals surface area (Å²) in [5, 5.41) is 11.9. The van der Waals surface area contributed by atoms with Crippen molar-refractivity contribution >= 4 is 12.1 Å². The Kier molecular flexibility index (Phi) is 5.45. The van der Waals surface area contributed by atoms with Crippen molar-refractivity contribution < 1.29 is 19.4 Å². The smallest absolute Gasteiger partial charge is 0.407 e. The lowest BCUT2D eigenvalue weighted by molar-refractivity contribution is -0.138. The molecule has 4 atom stereocenters. The van der Waals surface area contributed by atoms with Crippen molar-refractivity contribution in [1.82, 2.24) is 10.2 Å². The Hall–Kier alpha value is -1.30. The maximum Gasteiger partial charge on any atom is 0.407 e. The topological polar surface area (TPSA) is 78.9 Å². The summed E-state index contributed by atoms with van der Waals surface area (Å²) in [5.74, 6) is -0.00816. The second-order valence-corrected chi connectivity index (χ2v) is 6.34.